The van der Waals surface area contributed by atoms with Crippen LogP contribution in [0.1, 0.15) is 6.92 Å². The van der Waals surface area contributed by atoms with Crippen LogP contribution in [-0.2, 0) is 9.09 Å². The van der Waals surface area contributed by atoms with E-state index < -0.39 is 13.9 Å². The van der Waals surface area contributed by atoms with Gasteiger partial charge in [0.1, 0.15) is 0 Å². The highest BCUT2D eigenvalue weighted by Gasteiger charge is 2.18. The number of phosphoric acid groups is 1. The minimum Gasteiger partial charge on any atom is -0.389 e. The van der Waals surface area contributed by atoms with Crippen molar-refractivity contribution in [3.05, 3.63) is 12.7 Å². The summed E-state index contributed by atoms with van der Waals surface area (Å²) < 4.78 is 14.4. The van der Waals surface area contributed by atoms with Gasteiger partial charge in [-0.15, -0.1) is 6.58 Å². The zero-order chi connectivity index (χ0) is 9.78. The molecule has 0 aliphatic rings. The molecule has 0 spiro atoms. The molecular weight excluding hydrogens is 183 g/mol. The predicted octanol–water partition coefficient (Wildman–Crippen LogP) is 0.279. The summed E-state index contributed by atoms with van der Waals surface area (Å²) in [5.41, 5.74) is 0. The van der Waals surface area contributed by atoms with Gasteiger partial charge in [-0.05, 0) is 0 Å². The summed E-state index contributed by atoms with van der Waals surface area (Å²) in [5, 5.41) is 9.07. The Kier molecular flexibility index (Phi) is 4.67. The number of hydrogen-bond donors (Lipinski definition) is 3. The molecule has 12 heavy (non-hydrogen) atoms. The molecule has 3 N–H and O–H groups in total. The molecule has 0 heterocycles. The van der Waals surface area contributed by atoms with Crippen molar-refractivity contribution < 1.29 is 24.0 Å². The maximum absolute atomic E-state index is 10.2. The molecule has 6 heteroatoms. The number of rotatable bonds is 5. The van der Waals surface area contributed by atoms with E-state index in [-0.39, 0.29) is 12.5 Å². The smallest absolute Gasteiger partial charge is 0.389 e. The number of hydrogen-bond acceptors (Lipinski definition) is 3. The molecule has 0 fully saturated rings. The Labute approximate surface area is 70.9 Å². The van der Waals surface area contributed by atoms with Crippen LogP contribution < -0.4 is 0 Å². The Hall–Kier alpha value is -0.190. The third-order valence-corrected chi connectivity index (χ3v) is 1.82. The maximum atomic E-state index is 10.2. The summed E-state index contributed by atoms with van der Waals surface area (Å²) in [6, 6.07) is 0. The quantitative estimate of drug-likeness (QED) is 0.434. The molecule has 0 saturated heterocycles. The Morgan fingerprint density at radius 1 is 1.67 bits per heavy atom. The monoisotopic (exact) mass is 196 g/mol. The fourth-order valence-corrected chi connectivity index (χ4v) is 0.975. The highest BCUT2D eigenvalue weighted by atomic mass is 31.2. The van der Waals surface area contributed by atoms with Crippen LogP contribution in [0.4, 0.5) is 0 Å². The molecule has 0 aliphatic heterocycles. The van der Waals surface area contributed by atoms with E-state index >= 15 is 0 Å². The van der Waals surface area contributed by atoms with Crippen LogP contribution in [0.25, 0.3) is 0 Å². The van der Waals surface area contributed by atoms with Crippen LogP contribution in [0.5, 0.6) is 0 Å². The molecule has 0 aromatic heterocycles. The highest BCUT2D eigenvalue weighted by Crippen LogP contribution is 2.36. The average Bonchev–Trinajstić information content (AvgIpc) is 1.97. The lowest BCUT2D eigenvalue weighted by atomic mass is 10.1. The van der Waals surface area contributed by atoms with Gasteiger partial charge in [0.15, 0.2) is 0 Å². The van der Waals surface area contributed by atoms with Crippen molar-refractivity contribution in [1.29, 1.82) is 0 Å². The lowest BCUT2D eigenvalue weighted by Gasteiger charge is -2.15. The third-order valence-electron chi connectivity index (χ3n) is 1.33. The lowest BCUT2D eigenvalue weighted by Crippen LogP contribution is -2.19. The predicted molar refractivity (Wildman–Crippen MR) is 43.4 cm³/mol. The fraction of sp³-hybridized carbons (Fsp3) is 0.667. The van der Waals surface area contributed by atoms with Gasteiger partial charge in [0, 0.05) is 5.92 Å². The van der Waals surface area contributed by atoms with Gasteiger partial charge in [-0.25, -0.2) is 4.57 Å². The molecule has 0 aromatic carbocycles. The molecule has 0 amide bonds. The molecule has 2 atom stereocenters. The van der Waals surface area contributed by atoms with E-state index in [4.69, 9.17) is 14.9 Å². The van der Waals surface area contributed by atoms with Crippen molar-refractivity contribution in [3.63, 3.8) is 0 Å². The zero-order valence-electron chi connectivity index (χ0n) is 6.75. The van der Waals surface area contributed by atoms with Crippen LogP contribution in [0.3, 0.4) is 0 Å². The largest absolute Gasteiger partial charge is 0.469 e. The molecule has 72 valence electrons. The van der Waals surface area contributed by atoms with Gasteiger partial charge in [-0.3, -0.25) is 4.52 Å². The van der Waals surface area contributed by atoms with Crippen molar-refractivity contribution in [2.75, 3.05) is 6.61 Å². The van der Waals surface area contributed by atoms with E-state index in [0.29, 0.717) is 0 Å². The Balaban J connectivity index is 3.79. The van der Waals surface area contributed by atoms with Crippen LogP contribution in [-0.4, -0.2) is 27.6 Å². The maximum Gasteiger partial charge on any atom is 0.469 e. The second-order valence-corrected chi connectivity index (χ2v) is 3.73. The van der Waals surface area contributed by atoms with E-state index in [1.807, 2.05) is 0 Å². The van der Waals surface area contributed by atoms with Gasteiger partial charge in [0.2, 0.25) is 0 Å². The molecule has 0 radical (unpaired) electrons. The summed E-state index contributed by atoms with van der Waals surface area (Å²) in [6.45, 7) is 4.73. The minimum absolute atomic E-state index is 0.197. The zero-order valence-corrected chi connectivity index (χ0v) is 7.65. The van der Waals surface area contributed by atoms with E-state index in [1.54, 1.807) is 6.92 Å². The number of aliphatic hydroxyl groups is 1. The summed E-state index contributed by atoms with van der Waals surface area (Å²) >= 11 is 0. The lowest BCUT2D eigenvalue weighted by molar-refractivity contribution is 0.102. The molecule has 0 aliphatic carbocycles. The summed E-state index contributed by atoms with van der Waals surface area (Å²) in [4.78, 5) is 16.6. The SMILES string of the molecule is C=C[C@H](O)[C@H](C)COP(=O)(O)O. The van der Waals surface area contributed by atoms with Crippen LogP contribution in [0.15, 0.2) is 12.7 Å². The first-order chi connectivity index (χ1) is 5.37. The second-order valence-electron chi connectivity index (χ2n) is 2.49. The second kappa shape index (κ2) is 4.74. The average molecular weight is 196 g/mol. The van der Waals surface area contributed by atoms with Crippen LogP contribution in [0.2, 0.25) is 0 Å². The first-order valence-electron chi connectivity index (χ1n) is 3.37. The van der Waals surface area contributed by atoms with E-state index in [2.05, 4.69) is 11.1 Å². The van der Waals surface area contributed by atoms with Crippen molar-refractivity contribution >= 4 is 7.82 Å². The summed E-state index contributed by atoms with van der Waals surface area (Å²) in [5.74, 6) is -0.380. The summed E-state index contributed by atoms with van der Waals surface area (Å²) in [6.07, 6.45) is 0.477. The molecule has 0 rings (SSSR count). The van der Waals surface area contributed by atoms with Gasteiger partial charge in [-0.1, -0.05) is 13.0 Å². The highest BCUT2D eigenvalue weighted by molar-refractivity contribution is 7.46. The molecule has 0 saturated carbocycles. The van der Waals surface area contributed by atoms with Crippen molar-refractivity contribution in [1.82, 2.24) is 0 Å². The first kappa shape index (κ1) is 11.8. The molecule has 0 aromatic rings. The van der Waals surface area contributed by atoms with Crippen LogP contribution in [0, 0.1) is 5.92 Å². The van der Waals surface area contributed by atoms with E-state index in [1.165, 1.54) is 6.08 Å². The number of phosphoric ester groups is 1. The first-order valence-corrected chi connectivity index (χ1v) is 4.90. The number of aliphatic hydroxyl groups excluding tert-OH is 1. The van der Waals surface area contributed by atoms with E-state index in [9.17, 15) is 4.57 Å². The van der Waals surface area contributed by atoms with Crippen molar-refractivity contribution in [2.24, 2.45) is 5.92 Å². The van der Waals surface area contributed by atoms with Gasteiger partial charge in [0.05, 0.1) is 12.7 Å². The van der Waals surface area contributed by atoms with Crippen molar-refractivity contribution in [2.45, 2.75) is 13.0 Å². The summed E-state index contributed by atoms with van der Waals surface area (Å²) in [7, 11) is -4.42. The van der Waals surface area contributed by atoms with Gasteiger partial charge in [0.25, 0.3) is 0 Å². The standard InChI is InChI=1S/C6H13O5P/c1-3-6(7)5(2)4-11-12(8,9)10/h3,5-7H,1,4H2,2H3,(H2,8,9,10)/t5-,6+/m1/s1. The van der Waals surface area contributed by atoms with Crippen molar-refractivity contribution in [3.8, 4) is 0 Å². The topological polar surface area (TPSA) is 87.0 Å². The van der Waals surface area contributed by atoms with Gasteiger partial charge < -0.3 is 14.9 Å². The Bertz CT molecular complexity index is 186. The molecule has 5 nitrogen and oxygen atoms in total. The fourth-order valence-electron chi connectivity index (χ4n) is 0.546. The van der Waals surface area contributed by atoms with E-state index in [0.717, 1.165) is 0 Å². The normalized spacial score (nSPS) is 17.0. The third kappa shape index (κ3) is 5.46. The van der Waals surface area contributed by atoms with Gasteiger partial charge in [-0.2, -0.15) is 0 Å². The molecule has 0 bridgehead atoms. The van der Waals surface area contributed by atoms with Crippen LogP contribution >= 0.6 is 7.82 Å². The molecule has 0 unspecified atom stereocenters. The minimum atomic E-state index is -4.42. The Morgan fingerprint density at radius 2 is 2.17 bits per heavy atom. The molecular formula is C6H13O5P. The Morgan fingerprint density at radius 3 is 2.50 bits per heavy atom. The van der Waals surface area contributed by atoms with Gasteiger partial charge >= 0.3 is 7.82 Å².